The highest BCUT2D eigenvalue weighted by Crippen LogP contribution is 2.32. The molecule has 2 amide bonds. The highest BCUT2D eigenvalue weighted by atomic mass is 16.2. The Hall–Kier alpha value is -4.19. The molecule has 0 unspecified atom stereocenters. The fourth-order valence-electron chi connectivity index (χ4n) is 4.79. The van der Waals surface area contributed by atoms with Crippen molar-refractivity contribution >= 4 is 34.1 Å². The van der Waals surface area contributed by atoms with Crippen molar-refractivity contribution in [1.29, 1.82) is 0 Å². The number of fused-ring (bicyclic) bond motifs is 2. The molecule has 180 valence electrons. The van der Waals surface area contributed by atoms with Crippen LogP contribution in [0.3, 0.4) is 0 Å². The minimum atomic E-state index is -0.219. The van der Waals surface area contributed by atoms with Crippen LogP contribution in [0.1, 0.15) is 39.9 Å². The molecule has 2 heterocycles. The summed E-state index contributed by atoms with van der Waals surface area (Å²) < 4.78 is 0. The zero-order valence-electron chi connectivity index (χ0n) is 20.0. The van der Waals surface area contributed by atoms with Crippen molar-refractivity contribution in [3.05, 3.63) is 101 Å². The van der Waals surface area contributed by atoms with Crippen LogP contribution < -0.4 is 15.5 Å². The maximum atomic E-state index is 13.2. The average molecular weight is 477 g/mol. The summed E-state index contributed by atoms with van der Waals surface area (Å²) in [5.41, 5.74) is 4.71. The van der Waals surface area contributed by atoms with Gasteiger partial charge < -0.3 is 15.5 Å². The van der Waals surface area contributed by atoms with Gasteiger partial charge in [0, 0.05) is 31.7 Å². The highest BCUT2D eigenvalue weighted by molar-refractivity contribution is 6.08. The smallest absolute Gasteiger partial charge is 0.253 e. The number of carbonyl (C=O) groups is 2. The number of anilines is 2. The van der Waals surface area contributed by atoms with E-state index in [4.69, 9.17) is 0 Å². The summed E-state index contributed by atoms with van der Waals surface area (Å²) in [5, 5.41) is 7.93. The Bertz CT molecular complexity index is 1440. The number of hydrogen-bond acceptors (Lipinski definition) is 4. The van der Waals surface area contributed by atoms with Gasteiger partial charge in [-0.2, -0.15) is 0 Å². The summed E-state index contributed by atoms with van der Waals surface area (Å²) in [6.45, 7) is 2.16. The van der Waals surface area contributed by atoms with Crippen LogP contribution in [-0.4, -0.2) is 23.3 Å². The fraction of sp³-hybridized carbons (Fsp3) is 0.233. The minimum absolute atomic E-state index is 0.0144. The Labute approximate surface area is 210 Å². The third-order valence-corrected chi connectivity index (χ3v) is 7.05. The molecule has 0 saturated heterocycles. The number of carbonyl (C=O) groups excluding carboxylic acids is 2. The van der Waals surface area contributed by atoms with Crippen molar-refractivity contribution in [2.75, 3.05) is 16.8 Å². The van der Waals surface area contributed by atoms with Gasteiger partial charge in [0.1, 0.15) is 5.82 Å². The number of rotatable bonds is 6. The molecule has 4 aromatic rings. The van der Waals surface area contributed by atoms with Crippen LogP contribution >= 0.6 is 0 Å². The lowest BCUT2D eigenvalue weighted by atomic mass is 10.00. The van der Waals surface area contributed by atoms with Crippen LogP contribution in [0.4, 0.5) is 11.5 Å². The second-order valence-electron chi connectivity index (χ2n) is 9.66. The minimum Gasteiger partial charge on any atom is -0.352 e. The Morgan fingerprint density at radius 1 is 0.917 bits per heavy atom. The second-order valence-corrected chi connectivity index (χ2v) is 9.66. The number of nitrogens with one attached hydrogen (secondary N) is 2. The van der Waals surface area contributed by atoms with Gasteiger partial charge in [0.25, 0.3) is 5.91 Å². The molecule has 1 fully saturated rings. The lowest BCUT2D eigenvalue weighted by Crippen LogP contribution is -2.31. The molecule has 6 nitrogen and oxygen atoms in total. The summed E-state index contributed by atoms with van der Waals surface area (Å²) in [5.74, 6) is 0.771. The predicted octanol–water partition coefficient (Wildman–Crippen LogP) is 5.08. The quantitative estimate of drug-likeness (QED) is 0.407. The van der Waals surface area contributed by atoms with Gasteiger partial charge in [0.15, 0.2) is 0 Å². The molecule has 1 aliphatic heterocycles. The van der Waals surface area contributed by atoms with E-state index in [-0.39, 0.29) is 17.7 Å². The van der Waals surface area contributed by atoms with Gasteiger partial charge in [-0.1, -0.05) is 54.6 Å². The molecule has 2 aliphatic rings. The van der Waals surface area contributed by atoms with E-state index in [2.05, 4.69) is 44.8 Å². The molecule has 1 aliphatic carbocycles. The number of benzene rings is 3. The molecule has 36 heavy (non-hydrogen) atoms. The predicted molar refractivity (Wildman–Crippen MR) is 142 cm³/mol. The van der Waals surface area contributed by atoms with Gasteiger partial charge >= 0.3 is 0 Å². The molecule has 1 aromatic heterocycles. The van der Waals surface area contributed by atoms with Gasteiger partial charge in [-0.3, -0.25) is 9.59 Å². The zero-order valence-corrected chi connectivity index (χ0v) is 20.0. The standard InChI is InChI=1S/C30H28N4O2/c35-29(22-10-11-22)33-27-16-24-7-3-2-6-23(24)15-26(27)30(36)32-18-20-9-12-28(31-17-20)34-14-13-21-5-1-4-8-25(21)19-34/h1-9,12,15-17,22H,10-11,13-14,18-19H2,(H,32,36)(H,33,35). The first-order valence-electron chi connectivity index (χ1n) is 12.5. The Balaban J connectivity index is 1.15. The van der Waals surface area contributed by atoms with Crippen LogP contribution in [0.2, 0.25) is 0 Å². The number of aromatic nitrogens is 1. The monoisotopic (exact) mass is 476 g/mol. The van der Waals surface area contributed by atoms with E-state index < -0.39 is 0 Å². The Morgan fingerprint density at radius 2 is 1.67 bits per heavy atom. The van der Waals surface area contributed by atoms with Crippen LogP contribution in [0.15, 0.2) is 79.0 Å². The number of pyridine rings is 1. The maximum absolute atomic E-state index is 13.2. The Morgan fingerprint density at radius 3 is 2.42 bits per heavy atom. The molecule has 6 heteroatoms. The van der Waals surface area contributed by atoms with Crippen molar-refractivity contribution in [2.45, 2.75) is 32.4 Å². The van der Waals surface area contributed by atoms with Gasteiger partial charge in [0.05, 0.1) is 11.3 Å². The number of hydrogen-bond donors (Lipinski definition) is 2. The maximum Gasteiger partial charge on any atom is 0.253 e. The second kappa shape index (κ2) is 9.46. The van der Waals surface area contributed by atoms with Crippen LogP contribution in [0.5, 0.6) is 0 Å². The normalized spacial score (nSPS) is 14.8. The van der Waals surface area contributed by atoms with E-state index in [1.807, 2.05) is 54.7 Å². The third-order valence-electron chi connectivity index (χ3n) is 7.05. The first kappa shape index (κ1) is 22.3. The van der Waals surface area contributed by atoms with E-state index >= 15 is 0 Å². The SMILES string of the molecule is O=C(NCc1ccc(N2CCc3ccccc3C2)nc1)c1cc2ccccc2cc1NC(=O)C1CC1. The molecular weight excluding hydrogens is 448 g/mol. The number of amides is 2. The Kier molecular flexibility index (Phi) is 5.85. The van der Waals surface area contributed by atoms with Gasteiger partial charge in [-0.05, 0) is 64.9 Å². The van der Waals surface area contributed by atoms with Crippen LogP contribution in [0.25, 0.3) is 10.8 Å². The molecular formula is C30H28N4O2. The van der Waals surface area contributed by atoms with E-state index in [0.717, 1.165) is 54.5 Å². The summed E-state index contributed by atoms with van der Waals surface area (Å²) in [6, 6.07) is 24.2. The topological polar surface area (TPSA) is 74.3 Å². The lowest BCUT2D eigenvalue weighted by molar-refractivity contribution is -0.117. The molecule has 3 aromatic carbocycles. The van der Waals surface area contributed by atoms with Crippen molar-refractivity contribution in [3.63, 3.8) is 0 Å². The van der Waals surface area contributed by atoms with Gasteiger partial charge in [0.2, 0.25) is 5.91 Å². The molecule has 0 bridgehead atoms. The largest absolute Gasteiger partial charge is 0.352 e. The summed E-state index contributed by atoms with van der Waals surface area (Å²) >= 11 is 0. The van der Waals surface area contributed by atoms with Gasteiger partial charge in [-0.25, -0.2) is 4.98 Å². The van der Waals surface area contributed by atoms with Crippen molar-refractivity contribution in [3.8, 4) is 0 Å². The third kappa shape index (κ3) is 4.67. The fourth-order valence-corrected chi connectivity index (χ4v) is 4.79. The summed E-state index contributed by atoms with van der Waals surface area (Å²) in [6.07, 6.45) is 4.66. The molecule has 1 saturated carbocycles. The summed E-state index contributed by atoms with van der Waals surface area (Å²) in [7, 11) is 0. The highest BCUT2D eigenvalue weighted by Gasteiger charge is 2.30. The molecule has 0 radical (unpaired) electrons. The zero-order chi connectivity index (χ0) is 24.5. The first-order chi connectivity index (χ1) is 17.6. The average Bonchev–Trinajstić information content (AvgIpc) is 3.77. The van der Waals surface area contributed by atoms with Gasteiger partial charge in [-0.15, -0.1) is 0 Å². The van der Waals surface area contributed by atoms with E-state index in [1.54, 1.807) is 0 Å². The van der Waals surface area contributed by atoms with Crippen LogP contribution in [-0.2, 0) is 24.3 Å². The van der Waals surface area contributed by atoms with Crippen molar-refractivity contribution in [2.24, 2.45) is 5.92 Å². The molecule has 0 spiro atoms. The molecule has 2 N–H and O–H groups in total. The van der Waals surface area contributed by atoms with Crippen LogP contribution in [0, 0.1) is 5.92 Å². The van der Waals surface area contributed by atoms with E-state index in [0.29, 0.717) is 17.8 Å². The van der Waals surface area contributed by atoms with Crippen molar-refractivity contribution in [1.82, 2.24) is 10.3 Å². The molecule has 6 rings (SSSR count). The summed E-state index contributed by atoms with van der Waals surface area (Å²) in [4.78, 5) is 32.6. The lowest BCUT2D eigenvalue weighted by Gasteiger charge is -2.29. The first-order valence-corrected chi connectivity index (χ1v) is 12.5. The molecule has 0 atom stereocenters. The van der Waals surface area contributed by atoms with E-state index in [9.17, 15) is 9.59 Å². The van der Waals surface area contributed by atoms with E-state index in [1.165, 1.54) is 11.1 Å². The van der Waals surface area contributed by atoms with Crippen molar-refractivity contribution < 1.29 is 9.59 Å². The number of nitrogens with zero attached hydrogens (tertiary/aromatic N) is 2.